The first-order chi connectivity index (χ1) is 8.56. The maximum absolute atomic E-state index is 12.3. The van der Waals surface area contributed by atoms with Crippen LogP contribution < -0.4 is 5.56 Å². The molecule has 0 radical (unpaired) electrons. The molecule has 3 nitrogen and oxygen atoms in total. The third-order valence-electron chi connectivity index (χ3n) is 3.30. The van der Waals surface area contributed by atoms with E-state index in [-0.39, 0.29) is 11.6 Å². The molecule has 1 heterocycles. The van der Waals surface area contributed by atoms with Crippen LogP contribution >= 0.6 is 0 Å². The number of aryl methyl sites for hydroxylation is 1. The molecule has 0 aliphatic heterocycles. The van der Waals surface area contributed by atoms with Crippen LogP contribution in [0.5, 0.6) is 0 Å². The number of hydrogen-bond acceptors (Lipinski definition) is 1. The van der Waals surface area contributed by atoms with E-state index >= 15 is 0 Å². The van der Waals surface area contributed by atoms with Gasteiger partial charge in [0.2, 0.25) is 0 Å². The van der Waals surface area contributed by atoms with E-state index in [1.54, 1.807) is 4.68 Å². The molecule has 0 bridgehead atoms. The first-order valence-corrected chi connectivity index (χ1v) is 6.45. The van der Waals surface area contributed by atoms with Gasteiger partial charge in [-0.2, -0.15) is 0 Å². The second kappa shape index (κ2) is 4.84. The highest BCUT2D eigenvalue weighted by Crippen LogP contribution is 2.24. The van der Waals surface area contributed by atoms with Crippen LogP contribution in [0.15, 0.2) is 29.1 Å². The first-order valence-electron chi connectivity index (χ1n) is 6.45. The molecule has 1 aromatic carbocycles. The zero-order valence-electron chi connectivity index (χ0n) is 11.4. The highest BCUT2D eigenvalue weighted by molar-refractivity contribution is 5.66. The Balaban J connectivity index is 2.69. The van der Waals surface area contributed by atoms with Gasteiger partial charge in [0.05, 0.1) is 5.69 Å². The number of aromatic nitrogens is 2. The Hall–Kier alpha value is -1.77. The van der Waals surface area contributed by atoms with Gasteiger partial charge in [-0.25, -0.2) is 4.68 Å². The van der Waals surface area contributed by atoms with Gasteiger partial charge in [0.15, 0.2) is 0 Å². The van der Waals surface area contributed by atoms with Crippen LogP contribution in [0, 0.1) is 6.92 Å². The van der Waals surface area contributed by atoms with Crippen molar-refractivity contribution >= 4 is 0 Å². The summed E-state index contributed by atoms with van der Waals surface area (Å²) in [7, 11) is 0. The van der Waals surface area contributed by atoms with Crippen molar-refractivity contribution in [2.45, 2.75) is 40.2 Å². The van der Waals surface area contributed by atoms with Gasteiger partial charge in [0.25, 0.3) is 5.56 Å². The molecule has 0 atom stereocenters. The monoisotopic (exact) mass is 244 g/mol. The van der Waals surface area contributed by atoms with E-state index in [2.05, 4.69) is 24.2 Å². The van der Waals surface area contributed by atoms with Crippen LogP contribution in [0.4, 0.5) is 0 Å². The van der Waals surface area contributed by atoms with Crippen molar-refractivity contribution in [3.8, 4) is 11.3 Å². The topological polar surface area (TPSA) is 37.8 Å². The normalized spacial score (nSPS) is 11.2. The first kappa shape index (κ1) is 12.7. The molecule has 2 aromatic rings. The zero-order chi connectivity index (χ0) is 13.3. The Bertz CT molecular complexity index is 605. The van der Waals surface area contributed by atoms with E-state index in [0.29, 0.717) is 0 Å². The van der Waals surface area contributed by atoms with Crippen LogP contribution in [0.1, 0.15) is 37.9 Å². The van der Waals surface area contributed by atoms with Gasteiger partial charge in [-0.3, -0.25) is 9.89 Å². The van der Waals surface area contributed by atoms with E-state index < -0.39 is 0 Å². The molecule has 1 N–H and O–H groups in total. The molecule has 1 aromatic heterocycles. The lowest BCUT2D eigenvalue weighted by Crippen LogP contribution is -2.20. The third kappa shape index (κ3) is 2.01. The number of benzene rings is 1. The molecule has 0 unspecified atom stereocenters. The molecular formula is C15H20N2O. The molecule has 0 aliphatic rings. The Kier molecular flexibility index (Phi) is 3.41. The fourth-order valence-corrected chi connectivity index (χ4v) is 2.26. The summed E-state index contributed by atoms with van der Waals surface area (Å²) in [5.74, 6) is 0. The Morgan fingerprint density at radius 2 is 1.94 bits per heavy atom. The predicted molar refractivity (Wildman–Crippen MR) is 75.0 cm³/mol. The maximum atomic E-state index is 12.3. The Morgan fingerprint density at radius 1 is 1.28 bits per heavy atom. The highest BCUT2D eigenvalue weighted by atomic mass is 16.1. The summed E-state index contributed by atoms with van der Waals surface area (Å²) in [4.78, 5) is 12.3. The van der Waals surface area contributed by atoms with Crippen LogP contribution in [-0.4, -0.2) is 9.78 Å². The average molecular weight is 244 g/mol. The second-order valence-corrected chi connectivity index (χ2v) is 4.90. The highest BCUT2D eigenvalue weighted by Gasteiger charge is 2.16. The lowest BCUT2D eigenvalue weighted by atomic mass is 10.0. The van der Waals surface area contributed by atoms with E-state index in [9.17, 15) is 4.79 Å². The Morgan fingerprint density at radius 3 is 2.50 bits per heavy atom. The fraction of sp³-hybridized carbons (Fsp3) is 0.400. The van der Waals surface area contributed by atoms with Crippen molar-refractivity contribution in [1.29, 1.82) is 0 Å². The number of nitrogens with zero attached hydrogens (tertiary/aromatic N) is 1. The van der Waals surface area contributed by atoms with Crippen molar-refractivity contribution in [1.82, 2.24) is 9.78 Å². The van der Waals surface area contributed by atoms with Gasteiger partial charge in [0.1, 0.15) is 0 Å². The van der Waals surface area contributed by atoms with E-state index in [1.807, 2.05) is 32.9 Å². The van der Waals surface area contributed by atoms with Crippen molar-refractivity contribution in [3.05, 3.63) is 45.7 Å². The summed E-state index contributed by atoms with van der Waals surface area (Å²) >= 11 is 0. The van der Waals surface area contributed by atoms with Crippen LogP contribution in [0.2, 0.25) is 0 Å². The molecular weight excluding hydrogens is 224 g/mol. The summed E-state index contributed by atoms with van der Waals surface area (Å²) < 4.78 is 1.71. The lowest BCUT2D eigenvalue weighted by Gasteiger charge is -2.06. The van der Waals surface area contributed by atoms with Crippen molar-refractivity contribution in [2.75, 3.05) is 0 Å². The van der Waals surface area contributed by atoms with Crippen LogP contribution in [0.25, 0.3) is 11.3 Å². The molecule has 18 heavy (non-hydrogen) atoms. The quantitative estimate of drug-likeness (QED) is 0.883. The summed E-state index contributed by atoms with van der Waals surface area (Å²) in [6.07, 6.45) is 0.749. The van der Waals surface area contributed by atoms with Gasteiger partial charge in [0, 0.05) is 17.2 Å². The number of rotatable bonds is 3. The van der Waals surface area contributed by atoms with Gasteiger partial charge >= 0.3 is 0 Å². The number of H-pyrrole nitrogens is 1. The summed E-state index contributed by atoms with van der Waals surface area (Å²) in [5, 5.41) is 3.26. The molecule has 2 rings (SSSR count). The SMILES string of the molecule is CCc1c(-c2ccccc2C)[nH]n(C(C)C)c1=O. The molecule has 0 aliphatic carbocycles. The largest absolute Gasteiger partial charge is 0.294 e. The number of nitrogens with one attached hydrogen (secondary N) is 1. The minimum atomic E-state index is 0.103. The second-order valence-electron chi connectivity index (χ2n) is 4.90. The molecule has 0 amide bonds. The van der Waals surface area contributed by atoms with Crippen LogP contribution in [-0.2, 0) is 6.42 Å². The molecule has 96 valence electrons. The van der Waals surface area contributed by atoms with E-state index in [4.69, 9.17) is 0 Å². The van der Waals surface area contributed by atoms with Crippen molar-refractivity contribution in [2.24, 2.45) is 0 Å². The molecule has 0 fully saturated rings. The van der Waals surface area contributed by atoms with Crippen molar-refractivity contribution < 1.29 is 0 Å². The molecule has 3 heteroatoms. The summed E-state index contributed by atoms with van der Waals surface area (Å²) in [5.41, 5.74) is 4.24. The zero-order valence-corrected chi connectivity index (χ0v) is 11.4. The van der Waals surface area contributed by atoms with Crippen molar-refractivity contribution in [3.63, 3.8) is 0 Å². The fourth-order valence-electron chi connectivity index (χ4n) is 2.26. The van der Waals surface area contributed by atoms with Crippen LogP contribution in [0.3, 0.4) is 0 Å². The minimum Gasteiger partial charge on any atom is -0.294 e. The summed E-state index contributed by atoms with van der Waals surface area (Å²) in [6, 6.07) is 8.31. The third-order valence-corrected chi connectivity index (χ3v) is 3.30. The van der Waals surface area contributed by atoms with Gasteiger partial charge < -0.3 is 0 Å². The number of aromatic amines is 1. The smallest absolute Gasteiger partial charge is 0.270 e. The van der Waals surface area contributed by atoms with E-state index in [1.165, 1.54) is 5.56 Å². The molecule has 0 saturated carbocycles. The minimum absolute atomic E-state index is 0.103. The predicted octanol–water partition coefficient (Wildman–Crippen LogP) is 3.30. The molecule has 0 saturated heterocycles. The maximum Gasteiger partial charge on any atom is 0.270 e. The summed E-state index contributed by atoms with van der Waals surface area (Å²) in [6.45, 7) is 8.12. The standard InChI is InChI=1S/C15H20N2O/c1-5-12-14(13-9-7-6-8-11(13)4)16-17(10(2)3)15(12)18/h6-10,16H,5H2,1-4H3. The lowest BCUT2D eigenvalue weighted by molar-refractivity contribution is 0.517. The van der Waals surface area contributed by atoms with Gasteiger partial charge in [-0.1, -0.05) is 31.2 Å². The number of hydrogen-bond donors (Lipinski definition) is 1. The van der Waals surface area contributed by atoms with E-state index in [0.717, 1.165) is 23.2 Å². The average Bonchev–Trinajstić information content (AvgIpc) is 2.67. The van der Waals surface area contributed by atoms with Gasteiger partial charge in [-0.15, -0.1) is 0 Å². The Labute approximate surface area is 107 Å². The molecule has 0 spiro atoms. The van der Waals surface area contributed by atoms with Gasteiger partial charge in [-0.05, 0) is 32.8 Å².